The molecule has 0 amide bonds. The summed E-state index contributed by atoms with van der Waals surface area (Å²) < 4.78 is 5.19. The van der Waals surface area contributed by atoms with E-state index < -0.39 is 0 Å². The standard InChI is InChI=1S/C16H24O/c1-3-4-5-6-7-14-12-16(14)13-8-10-15(17-2)11-9-13/h8-11,14,16H,3-7,12H2,1-2H3/t14-,16+/m1/s1. The van der Waals surface area contributed by atoms with Gasteiger partial charge in [-0.2, -0.15) is 0 Å². The molecule has 17 heavy (non-hydrogen) atoms. The van der Waals surface area contributed by atoms with Crippen molar-refractivity contribution >= 4 is 0 Å². The third-order valence-electron chi connectivity index (χ3n) is 3.90. The van der Waals surface area contributed by atoms with Gasteiger partial charge in [-0.15, -0.1) is 0 Å². The van der Waals surface area contributed by atoms with Gasteiger partial charge >= 0.3 is 0 Å². The Balaban J connectivity index is 1.73. The number of ether oxygens (including phenoxy) is 1. The first-order valence-electron chi connectivity index (χ1n) is 6.99. The zero-order valence-corrected chi connectivity index (χ0v) is 11.1. The highest BCUT2D eigenvalue weighted by atomic mass is 16.5. The van der Waals surface area contributed by atoms with Crippen LogP contribution in [-0.2, 0) is 0 Å². The topological polar surface area (TPSA) is 9.23 Å². The van der Waals surface area contributed by atoms with Crippen LogP contribution >= 0.6 is 0 Å². The fraction of sp³-hybridized carbons (Fsp3) is 0.625. The smallest absolute Gasteiger partial charge is 0.118 e. The van der Waals surface area contributed by atoms with Gasteiger partial charge < -0.3 is 4.74 Å². The average molecular weight is 232 g/mol. The van der Waals surface area contributed by atoms with Gasteiger partial charge in [-0.1, -0.05) is 44.7 Å². The fourth-order valence-electron chi connectivity index (χ4n) is 2.66. The molecular formula is C16H24O. The van der Waals surface area contributed by atoms with Crippen molar-refractivity contribution in [1.82, 2.24) is 0 Å². The number of hydrogen-bond acceptors (Lipinski definition) is 1. The van der Waals surface area contributed by atoms with E-state index in [-0.39, 0.29) is 0 Å². The lowest BCUT2D eigenvalue weighted by Crippen LogP contribution is -1.87. The van der Waals surface area contributed by atoms with Crippen molar-refractivity contribution in [3.63, 3.8) is 0 Å². The second-order valence-electron chi connectivity index (χ2n) is 5.22. The van der Waals surface area contributed by atoms with Crippen molar-refractivity contribution in [2.45, 2.75) is 51.4 Å². The molecule has 0 aliphatic heterocycles. The Morgan fingerprint density at radius 1 is 1.12 bits per heavy atom. The van der Waals surface area contributed by atoms with Crippen molar-refractivity contribution in [3.05, 3.63) is 29.8 Å². The molecule has 0 aromatic heterocycles. The minimum absolute atomic E-state index is 0.836. The summed E-state index contributed by atoms with van der Waals surface area (Å²) in [5.41, 5.74) is 1.51. The van der Waals surface area contributed by atoms with E-state index in [1.54, 1.807) is 7.11 Å². The monoisotopic (exact) mass is 232 g/mol. The van der Waals surface area contributed by atoms with Gasteiger partial charge in [0.25, 0.3) is 0 Å². The SMILES string of the molecule is CCCCCC[C@@H]1C[C@H]1c1ccc(OC)cc1. The first kappa shape index (κ1) is 12.5. The molecule has 0 heterocycles. The van der Waals surface area contributed by atoms with Crippen LogP contribution in [0.5, 0.6) is 5.75 Å². The molecule has 1 fully saturated rings. The summed E-state index contributed by atoms with van der Waals surface area (Å²) >= 11 is 0. The normalized spacial score (nSPS) is 22.5. The minimum atomic E-state index is 0.836. The van der Waals surface area contributed by atoms with Gasteiger partial charge in [0.1, 0.15) is 5.75 Å². The van der Waals surface area contributed by atoms with E-state index in [9.17, 15) is 0 Å². The summed E-state index contributed by atoms with van der Waals surface area (Å²) in [4.78, 5) is 0. The van der Waals surface area contributed by atoms with E-state index in [4.69, 9.17) is 4.74 Å². The third-order valence-corrected chi connectivity index (χ3v) is 3.90. The molecule has 0 unspecified atom stereocenters. The largest absolute Gasteiger partial charge is 0.497 e. The first-order chi connectivity index (χ1) is 8.35. The van der Waals surface area contributed by atoms with Gasteiger partial charge in [0.2, 0.25) is 0 Å². The van der Waals surface area contributed by atoms with E-state index in [1.165, 1.54) is 44.1 Å². The van der Waals surface area contributed by atoms with Crippen molar-refractivity contribution in [2.75, 3.05) is 7.11 Å². The van der Waals surface area contributed by atoms with Gasteiger partial charge in [0.15, 0.2) is 0 Å². The second kappa shape index (κ2) is 6.09. The second-order valence-corrected chi connectivity index (χ2v) is 5.22. The summed E-state index contributed by atoms with van der Waals surface area (Å²) in [6, 6.07) is 8.63. The first-order valence-corrected chi connectivity index (χ1v) is 6.99. The van der Waals surface area contributed by atoms with Gasteiger partial charge in [-0.25, -0.2) is 0 Å². The van der Waals surface area contributed by atoms with Crippen molar-refractivity contribution in [2.24, 2.45) is 5.92 Å². The van der Waals surface area contributed by atoms with E-state index >= 15 is 0 Å². The summed E-state index contributed by atoms with van der Waals surface area (Å²) in [7, 11) is 1.72. The van der Waals surface area contributed by atoms with Crippen LogP contribution in [0.4, 0.5) is 0 Å². The molecule has 1 aromatic rings. The molecule has 0 N–H and O–H groups in total. The van der Waals surface area contributed by atoms with Crippen LogP contribution in [0.1, 0.15) is 56.9 Å². The predicted molar refractivity (Wildman–Crippen MR) is 72.6 cm³/mol. The van der Waals surface area contributed by atoms with Gasteiger partial charge in [0, 0.05) is 0 Å². The zero-order valence-electron chi connectivity index (χ0n) is 11.1. The van der Waals surface area contributed by atoms with Gasteiger partial charge in [-0.05, 0) is 42.4 Å². The molecule has 1 aliphatic rings. The van der Waals surface area contributed by atoms with Crippen LogP contribution in [0.25, 0.3) is 0 Å². The summed E-state index contributed by atoms with van der Waals surface area (Å²) in [6.07, 6.45) is 8.41. The maximum Gasteiger partial charge on any atom is 0.118 e. The molecule has 2 atom stereocenters. The van der Waals surface area contributed by atoms with Crippen LogP contribution in [-0.4, -0.2) is 7.11 Å². The van der Waals surface area contributed by atoms with Crippen molar-refractivity contribution < 1.29 is 4.74 Å². The average Bonchev–Trinajstić information content (AvgIpc) is 3.14. The van der Waals surface area contributed by atoms with Gasteiger partial charge in [-0.3, -0.25) is 0 Å². The molecule has 0 spiro atoms. The number of unbranched alkanes of at least 4 members (excludes halogenated alkanes) is 3. The van der Waals surface area contributed by atoms with Crippen LogP contribution < -0.4 is 4.74 Å². The molecule has 1 aliphatic carbocycles. The summed E-state index contributed by atoms with van der Waals surface area (Å²) in [6.45, 7) is 2.28. The minimum Gasteiger partial charge on any atom is -0.497 e. The Morgan fingerprint density at radius 3 is 2.53 bits per heavy atom. The van der Waals surface area contributed by atoms with Crippen LogP contribution in [0.3, 0.4) is 0 Å². The Hall–Kier alpha value is -0.980. The molecule has 94 valence electrons. The van der Waals surface area contributed by atoms with E-state index in [1.807, 2.05) is 0 Å². The Kier molecular flexibility index (Phi) is 4.47. The molecule has 0 radical (unpaired) electrons. The van der Waals surface area contributed by atoms with E-state index in [0.29, 0.717) is 0 Å². The Morgan fingerprint density at radius 2 is 1.88 bits per heavy atom. The molecule has 2 rings (SSSR count). The molecular weight excluding hydrogens is 208 g/mol. The lowest BCUT2D eigenvalue weighted by molar-refractivity contribution is 0.414. The van der Waals surface area contributed by atoms with E-state index in [0.717, 1.165) is 17.6 Å². The number of benzene rings is 1. The lowest BCUT2D eigenvalue weighted by atomic mass is 10.1. The molecule has 1 aromatic carbocycles. The molecule has 1 saturated carbocycles. The summed E-state index contributed by atoms with van der Waals surface area (Å²) in [5.74, 6) is 2.76. The molecule has 0 saturated heterocycles. The number of rotatable bonds is 7. The fourth-order valence-corrected chi connectivity index (χ4v) is 2.66. The van der Waals surface area contributed by atoms with Crippen molar-refractivity contribution in [1.29, 1.82) is 0 Å². The highest BCUT2D eigenvalue weighted by Gasteiger charge is 2.37. The van der Waals surface area contributed by atoms with Crippen molar-refractivity contribution in [3.8, 4) is 5.75 Å². The number of methoxy groups -OCH3 is 1. The van der Waals surface area contributed by atoms with E-state index in [2.05, 4.69) is 31.2 Å². The maximum atomic E-state index is 5.19. The quantitative estimate of drug-likeness (QED) is 0.615. The Labute approximate surface area is 105 Å². The highest BCUT2D eigenvalue weighted by molar-refractivity contribution is 5.32. The Bertz CT molecular complexity index is 328. The number of hydrogen-bond donors (Lipinski definition) is 0. The van der Waals surface area contributed by atoms with Crippen LogP contribution in [0.15, 0.2) is 24.3 Å². The summed E-state index contributed by atoms with van der Waals surface area (Å²) in [5, 5.41) is 0. The molecule has 1 nitrogen and oxygen atoms in total. The lowest BCUT2D eigenvalue weighted by Gasteiger charge is -2.03. The van der Waals surface area contributed by atoms with Crippen LogP contribution in [0.2, 0.25) is 0 Å². The van der Waals surface area contributed by atoms with Gasteiger partial charge in [0.05, 0.1) is 7.11 Å². The zero-order chi connectivity index (χ0) is 12.1. The highest BCUT2D eigenvalue weighted by Crippen LogP contribution is 2.50. The third kappa shape index (κ3) is 3.49. The molecule has 0 bridgehead atoms. The maximum absolute atomic E-state index is 5.19. The van der Waals surface area contributed by atoms with Crippen LogP contribution in [0, 0.1) is 5.92 Å². The predicted octanol–water partition coefficient (Wildman–Crippen LogP) is 4.77. The molecule has 1 heteroatoms.